The molecule has 2 N–H and O–H groups in total. The van der Waals surface area contributed by atoms with E-state index in [9.17, 15) is 4.79 Å². The molecule has 1 aromatic carbocycles. The summed E-state index contributed by atoms with van der Waals surface area (Å²) in [5, 5.41) is 8.86. The summed E-state index contributed by atoms with van der Waals surface area (Å²) in [6.45, 7) is 0.938. The number of carbonyl (C=O) groups excluding carboxylic acids is 1. The molecular formula is C19H21N5O2S. The molecule has 8 heteroatoms. The van der Waals surface area contributed by atoms with E-state index in [1.54, 1.807) is 11.2 Å². The van der Waals surface area contributed by atoms with Crippen LogP contribution in [0, 0.1) is 0 Å². The molecule has 1 saturated carbocycles. The van der Waals surface area contributed by atoms with Crippen molar-refractivity contribution >= 4 is 17.7 Å². The van der Waals surface area contributed by atoms with Crippen LogP contribution in [0.3, 0.4) is 0 Å². The lowest BCUT2D eigenvalue weighted by Crippen LogP contribution is -2.31. The number of aromatic nitrogens is 3. The number of rotatable bonds is 8. The van der Waals surface area contributed by atoms with Crippen LogP contribution in [-0.2, 0) is 17.9 Å². The topological polar surface area (TPSA) is 90.2 Å². The second-order valence-corrected chi connectivity index (χ2v) is 7.53. The maximum Gasteiger partial charge on any atom is 0.233 e. The molecule has 0 bridgehead atoms. The van der Waals surface area contributed by atoms with E-state index in [4.69, 9.17) is 10.3 Å². The van der Waals surface area contributed by atoms with Crippen molar-refractivity contribution < 1.29 is 9.21 Å². The number of nitrogens with two attached hydrogens (primary N) is 1. The van der Waals surface area contributed by atoms with Gasteiger partial charge in [0.05, 0.1) is 18.6 Å². The molecule has 7 nitrogen and oxygen atoms in total. The highest BCUT2D eigenvalue weighted by molar-refractivity contribution is 7.99. The first kappa shape index (κ1) is 17.7. The average molecular weight is 383 g/mol. The molecule has 0 spiro atoms. The van der Waals surface area contributed by atoms with Crippen molar-refractivity contribution in [2.24, 2.45) is 0 Å². The van der Waals surface area contributed by atoms with Crippen molar-refractivity contribution in [1.29, 1.82) is 0 Å². The molecule has 2 aromatic heterocycles. The zero-order valence-corrected chi connectivity index (χ0v) is 15.6. The summed E-state index contributed by atoms with van der Waals surface area (Å²) in [7, 11) is 0. The van der Waals surface area contributed by atoms with Crippen molar-refractivity contribution in [1.82, 2.24) is 19.8 Å². The van der Waals surface area contributed by atoms with Gasteiger partial charge in [0.15, 0.2) is 5.82 Å². The molecule has 0 aliphatic heterocycles. The lowest BCUT2D eigenvalue weighted by molar-refractivity contribution is -0.129. The highest BCUT2D eigenvalue weighted by Crippen LogP contribution is 2.39. The van der Waals surface area contributed by atoms with Gasteiger partial charge in [0, 0.05) is 12.5 Å². The summed E-state index contributed by atoms with van der Waals surface area (Å²) in [5.74, 6) is 8.29. The van der Waals surface area contributed by atoms with E-state index in [1.807, 2.05) is 42.5 Å². The number of hydrogen-bond donors (Lipinski definition) is 1. The molecule has 3 aromatic rings. The summed E-state index contributed by atoms with van der Waals surface area (Å²) in [6.07, 6.45) is 3.82. The molecular weight excluding hydrogens is 362 g/mol. The fourth-order valence-electron chi connectivity index (χ4n) is 2.85. The van der Waals surface area contributed by atoms with Crippen molar-refractivity contribution in [3.8, 4) is 0 Å². The Morgan fingerprint density at radius 2 is 2.00 bits per heavy atom. The molecule has 0 atom stereocenters. The van der Waals surface area contributed by atoms with Crippen LogP contribution in [0.25, 0.3) is 0 Å². The molecule has 2 heterocycles. The van der Waals surface area contributed by atoms with Gasteiger partial charge in [-0.25, -0.2) is 4.68 Å². The molecule has 0 unspecified atom stereocenters. The largest absolute Gasteiger partial charge is 0.467 e. The van der Waals surface area contributed by atoms with E-state index in [2.05, 4.69) is 10.2 Å². The Morgan fingerprint density at radius 3 is 2.70 bits per heavy atom. The molecule has 0 radical (unpaired) electrons. The minimum Gasteiger partial charge on any atom is -0.467 e. The Morgan fingerprint density at radius 1 is 1.19 bits per heavy atom. The van der Waals surface area contributed by atoms with Crippen molar-refractivity contribution in [2.75, 3.05) is 11.6 Å². The lowest BCUT2D eigenvalue weighted by atomic mass is 10.2. The third-order valence-electron chi connectivity index (χ3n) is 4.45. The van der Waals surface area contributed by atoms with E-state index >= 15 is 0 Å². The molecule has 1 aliphatic rings. The van der Waals surface area contributed by atoms with Gasteiger partial charge in [0.1, 0.15) is 5.76 Å². The zero-order valence-electron chi connectivity index (χ0n) is 14.8. The van der Waals surface area contributed by atoms with Crippen molar-refractivity contribution in [3.63, 3.8) is 0 Å². The third kappa shape index (κ3) is 4.33. The van der Waals surface area contributed by atoms with E-state index in [-0.39, 0.29) is 11.7 Å². The van der Waals surface area contributed by atoms with E-state index < -0.39 is 0 Å². The van der Waals surface area contributed by atoms with Crippen LogP contribution in [0.1, 0.15) is 35.9 Å². The van der Waals surface area contributed by atoms with Crippen molar-refractivity contribution in [2.45, 2.75) is 37.0 Å². The van der Waals surface area contributed by atoms with Crippen LogP contribution in [0.2, 0.25) is 0 Å². The Kier molecular flexibility index (Phi) is 5.15. The number of thioether (sulfide) groups is 1. The van der Waals surface area contributed by atoms with Crippen LogP contribution in [0.15, 0.2) is 58.3 Å². The van der Waals surface area contributed by atoms with Gasteiger partial charge < -0.3 is 15.2 Å². The lowest BCUT2D eigenvalue weighted by Gasteiger charge is -2.21. The molecule has 4 rings (SSSR count). The van der Waals surface area contributed by atoms with Gasteiger partial charge >= 0.3 is 0 Å². The van der Waals surface area contributed by atoms with Crippen LogP contribution in [-0.4, -0.2) is 31.4 Å². The third-order valence-corrected chi connectivity index (χ3v) is 5.38. The standard InChI is InChI=1S/C19H21N5O2S/c20-24-18(15-8-9-15)21-22-19(24)27-13-17(25)23(12-16-7-4-10-26-16)11-14-5-2-1-3-6-14/h1-7,10,15H,8-9,11-13,20H2. The van der Waals surface area contributed by atoms with Crippen LogP contribution in [0.5, 0.6) is 0 Å². The minimum atomic E-state index is -0.00350. The maximum atomic E-state index is 12.9. The molecule has 0 saturated heterocycles. The van der Waals surface area contributed by atoms with E-state index in [0.29, 0.717) is 24.2 Å². The Labute approximate surface area is 161 Å². The second kappa shape index (κ2) is 7.87. The number of carbonyl (C=O) groups is 1. The van der Waals surface area contributed by atoms with Gasteiger partial charge in [-0.05, 0) is 30.5 Å². The Bertz CT molecular complexity index is 890. The van der Waals surface area contributed by atoms with Crippen LogP contribution >= 0.6 is 11.8 Å². The number of nitrogens with zero attached hydrogens (tertiary/aromatic N) is 4. The highest BCUT2D eigenvalue weighted by Gasteiger charge is 2.30. The van der Waals surface area contributed by atoms with Gasteiger partial charge in [0.2, 0.25) is 11.1 Å². The summed E-state index contributed by atoms with van der Waals surface area (Å²) >= 11 is 1.32. The molecule has 1 amide bonds. The molecule has 140 valence electrons. The molecule has 1 fully saturated rings. The Hall–Kier alpha value is -2.74. The predicted octanol–water partition coefficient (Wildman–Crippen LogP) is 2.78. The number of furan rings is 1. The smallest absolute Gasteiger partial charge is 0.233 e. The van der Waals surface area contributed by atoms with Gasteiger partial charge in [-0.1, -0.05) is 42.1 Å². The minimum absolute atomic E-state index is 0.00350. The quantitative estimate of drug-likeness (QED) is 0.475. The van der Waals surface area contributed by atoms with Gasteiger partial charge in [-0.3, -0.25) is 4.79 Å². The van der Waals surface area contributed by atoms with E-state index in [1.165, 1.54) is 16.4 Å². The van der Waals surface area contributed by atoms with Gasteiger partial charge in [-0.2, -0.15) is 0 Å². The number of benzene rings is 1. The average Bonchev–Trinajstić information content (AvgIpc) is 3.26. The van der Waals surface area contributed by atoms with Crippen LogP contribution < -0.4 is 5.84 Å². The normalized spacial score (nSPS) is 13.6. The summed E-state index contributed by atoms with van der Waals surface area (Å²) in [4.78, 5) is 14.7. The molecule has 1 aliphatic carbocycles. The van der Waals surface area contributed by atoms with Gasteiger partial charge in [0.25, 0.3) is 0 Å². The monoisotopic (exact) mass is 383 g/mol. The van der Waals surface area contributed by atoms with Crippen LogP contribution in [0.4, 0.5) is 0 Å². The molecule has 27 heavy (non-hydrogen) atoms. The first-order chi connectivity index (χ1) is 13.2. The summed E-state index contributed by atoms with van der Waals surface area (Å²) in [5.41, 5.74) is 1.07. The number of amides is 1. The summed E-state index contributed by atoms with van der Waals surface area (Å²) < 4.78 is 6.94. The van der Waals surface area contributed by atoms with E-state index in [0.717, 1.165) is 30.0 Å². The maximum absolute atomic E-state index is 12.9. The fourth-order valence-corrected chi connectivity index (χ4v) is 3.62. The number of nitrogen functional groups attached to an aromatic ring is 1. The predicted molar refractivity (Wildman–Crippen MR) is 102 cm³/mol. The second-order valence-electron chi connectivity index (χ2n) is 6.59. The van der Waals surface area contributed by atoms with Gasteiger partial charge in [-0.15, -0.1) is 10.2 Å². The summed E-state index contributed by atoms with van der Waals surface area (Å²) in [6, 6.07) is 13.6. The first-order valence-electron chi connectivity index (χ1n) is 8.88. The van der Waals surface area contributed by atoms with Crippen molar-refractivity contribution in [3.05, 3.63) is 65.9 Å². The number of hydrogen-bond acceptors (Lipinski definition) is 6. The Balaban J connectivity index is 1.43. The fraction of sp³-hybridized carbons (Fsp3) is 0.316. The zero-order chi connectivity index (χ0) is 18.6. The SMILES string of the molecule is Nn1c(SCC(=O)N(Cc2ccccc2)Cc2ccco2)nnc1C1CC1. The first-order valence-corrected chi connectivity index (χ1v) is 9.86. The highest BCUT2D eigenvalue weighted by atomic mass is 32.2.